The minimum atomic E-state index is -0.555. The molecule has 1 amide bonds. The summed E-state index contributed by atoms with van der Waals surface area (Å²) in [5.74, 6) is 0.664. The van der Waals surface area contributed by atoms with Crippen LogP contribution in [-0.4, -0.2) is 40.2 Å². The minimum Gasteiger partial charge on any atom is -0.481 e. The number of carbonyl (C=O) groups excluding carboxylic acids is 1. The molecule has 2 N–H and O–H groups in total. The van der Waals surface area contributed by atoms with E-state index in [2.05, 4.69) is 43.1 Å². The molecule has 162 valence electrons. The Kier molecular flexibility index (Phi) is 6.49. The average Bonchev–Trinajstić information content (AvgIpc) is 2.78. The number of nitrogens with zero attached hydrogens (tertiary/aromatic N) is 2. The summed E-state index contributed by atoms with van der Waals surface area (Å²) < 4.78 is 6.03. The van der Waals surface area contributed by atoms with Gasteiger partial charge in [-0.1, -0.05) is 30.1 Å². The van der Waals surface area contributed by atoms with E-state index in [0.717, 1.165) is 35.9 Å². The van der Waals surface area contributed by atoms with Gasteiger partial charge in [-0.25, -0.2) is 0 Å². The van der Waals surface area contributed by atoms with Crippen LogP contribution in [0, 0.1) is 13.8 Å². The summed E-state index contributed by atoms with van der Waals surface area (Å²) in [6, 6.07) is 14.3. The number of aryl methyl sites for hydroxylation is 2. The van der Waals surface area contributed by atoms with Gasteiger partial charge in [0, 0.05) is 36.0 Å². The molecule has 31 heavy (non-hydrogen) atoms. The van der Waals surface area contributed by atoms with Gasteiger partial charge in [0.2, 0.25) is 0 Å². The third kappa shape index (κ3) is 4.55. The molecule has 0 saturated carbocycles. The number of hydrogen-bond acceptors (Lipinski definition) is 5. The molecule has 1 saturated heterocycles. The number of nitrogens with two attached hydrogens (primary N) is 1. The lowest BCUT2D eigenvalue weighted by molar-refractivity contribution is -0.138. The first-order chi connectivity index (χ1) is 15.0. The number of rotatable bonds is 5. The summed E-state index contributed by atoms with van der Waals surface area (Å²) in [7, 11) is 0. The summed E-state index contributed by atoms with van der Waals surface area (Å²) in [5, 5.41) is 7.11. The van der Waals surface area contributed by atoms with E-state index in [1.165, 1.54) is 28.6 Å². The number of carbonyl (C=O) groups is 1. The first-order valence-corrected chi connectivity index (χ1v) is 11.7. The maximum atomic E-state index is 12.9. The van der Waals surface area contributed by atoms with Gasteiger partial charge in [-0.15, -0.1) is 0 Å². The van der Waals surface area contributed by atoms with Crippen molar-refractivity contribution >= 4 is 28.8 Å². The van der Waals surface area contributed by atoms with Gasteiger partial charge in [-0.2, -0.15) is 0 Å². The number of benzene rings is 2. The van der Waals surface area contributed by atoms with Crippen LogP contribution in [0.1, 0.15) is 30.9 Å². The van der Waals surface area contributed by atoms with Gasteiger partial charge in [0.15, 0.2) is 6.10 Å². The fourth-order valence-corrected chi connectivity index (χ4v) is 4.99. The standard InChI is InChI=1S/C25H29N3O2S/c1-16-6-4-7-17(2)24(16)22-11-12-27-23-14-19(9-10-21(22)23)30-18(3)25(29)28-13-5-8-20(15-28)31-26/h4,6-7,9-12,14,18,20H,5,8,13,15,26H2,1-3H3. The van der Waals surface area contributed by atoms with Crippen molar-refractivity contribution in [3.63, 3.8) is 0 Å². The number of ether oxygens (including phenoxy) is 1. The van der Waals surface area contributed by atoms with Crippen molar-refractivity contribution in [3.8, 4) is 16.9 Å². The molecule has 1 fully saturated rings. The Morgan fingerprint density at radius 3 is 2.74 bits per heavy atom. The fourth-order valence-electron chi connectivity index (χ4n) is 4.42. The lowest BCUT2D eigenvalue weighted by Gasteiger charge is -2.33. The van der Waals surface area contributed by atoms with Crippen molar-refractivity contribution < 1.29 is 9.53 Å². The SMILES string of the molecule is Cc1cccc(C)c1-c1ccnc2cc(OC(C)C(=O)N3CCCC(SN)C3)ccc12. The molecule has 6 heteroatoms. The van der Waals surface area contributed by atoms with Gasteiger partial charge < -0.3 is 9.64 Å². The van der Waals surface area contributed by atoms with Gasteiger partial charge >= 0.3 is 0 Å². The van der Waals surface area contributed by atoms with Crippen molar-refractivity contribution in [2.24, 2.45) is 5.14 Å². The molecular formula is C25H29N3O2S. The number of piperidine rings is 1. The Morgan fingerprint density at radius 1 is 1.23 bits per heavy atom. The third-order valence-corrected chi connectivity index (χ3v) is 6.78. The molecule has 2 atom stereocenters. The molecule has 3 aromatic rings. The quantitative estimate of drug-likeness (QED) is 0.578. The highest BCUT2D eigenvalue weighted by Crippen LogP contribution is 2.34. The molecule has 1 aliphatic heterocycles. The van der Waals surface area contributed by atoms with Crippen molar-refractivity contribution in [1.82, 2.24) is 9.88 Å². The van der Waals surface area contributed by atoms with E-state index in [4.69, 9.17) is 9.88 Å². The Labute approximate surface area is 188 Å². The second-order valence-corrected chi connectivity index (χ2v) is 9.19. The zero-order valence-electron chi connectivity index (χ0n) is 18.3. The predicted molar refractivity (Wildman–Crippen MR) is 128 cm³/mol. The van der Waals surface area contributed by atoms with E-state index < -0.39 is 6.10 Å². The van der Waals surface area contributed by atoms with Crippen molar-refractivity contribution in [3.05, 3.63) is 59.8 Å². The molecule has 0 radical (unpaired) electrons. The molecule has 2 heterocycles. The highest BCUT2D eigenvalue weighted by atomic mass is 32.2. The number of fused-ring (bicyclic) bond motifs is 1. The monoisotopic (exact) mass is 435 g/mol. The first kappa shape index (κ1) is 21.7. The van der Waals surface area contributed by atoms with Crippen LogP contribution in [0.4, 0.5) is 0 Å². The van der Waals surface area contributed by atoms with Crippen molar-refractivity contribution in [1.29, 1.82) is 0 Å². The lowest BCUT2D eigenvalue weighted by atomic mass is 9.93. The number of amides is 1. The zero-order chi connectivity index (χ0) is 22.0. The molecule has 1 aliphatic rings. The van der Waals surface area contributed by atoms with E-state index in [1.807, 2.05) is 36.2 Å². The van der Waals surface area contributed by atoms with Crippen LogP contribution >= 0.6 is 11.9 Å². The van der Waals surface area contributed by atoms with Crippen molar-refractivity contribution in [2.45, 2.75) is 45.0 Å². The van der Waals surface area contributed by atoms with Gasteiger partial charge in [0.1, 0.15) is 5.75 Å². The van der Waals surface area contributed by atoms with E-state index in [1.54, 1.807) is 0 Å². The van der Waals surface area contributed by atoms with Crippen molar-refractivity contribution in [2.75, 3.05) is 13.1 Å². The number of aromatic nitrogens is 1. The maximum Gasteiger partial charge on any atom is 0.263 e. The molecule has 4 rings (SSSR count). The summed E-state index contributed by atoms with van der Waals surface area (Å²) in [6.45, 7) is 7.53. The Hall–Kier alpha value is -2.57. The molecular weight excluding hydrogens is 406 g/mol. The molecule has 2 aromatic carbocycles. The van der Waals surface area contributed by atoms with Crippen LogP contribution in [0.15, 0.2) is 48.7 Å². The zero-order valence-corrected chi connectivity index (χ0v) is 19.1. The van der Waals surface area contributed by atoms with Crippen LogP contribution in [-0.2, 0) is 4.79 Å². The van der Waals surface area contributed by atoms with Crippen LogP contribution in [0.2, 0.25) is 0 Å². The van der Waals surface area contributed by atoms with Gasteiger partial charge in [-0.3, -0.25) is 14.9 Å². The predicted octanol–water partition coefficient (Wildman–Crippen LogP) is 4.88. The van der Waals surface area contributed by atoms with Crippen LogP contribution < -0.4 is 9.88 Å². The van der Waals surface area contributed by atoms with E-state index >= 15 is 0 Å². The van der Waals surface area contributed by atoms with Crippen LogP contribution in [0.25, 0.3) is 22.0 Å². The normalized spacial score (nSPS) is 17.5. The second kappa shape index (κ2) is 9.28. The minimum absolute atomic E-state index is 0.0103. The fraction of sp³-hybridized carbons (Fsp3) is 0.360. The Balaban J connectivity index is 1.57. The summed E-state index contributed by atoms with van der Waals surface area (Å²) >= 11 is 1.34. The number of pyridine rings is 1. The maximum absolute atomic E-state index is 12.9. The van der Waals surface area contributed by atoms with Crippen LogP contribution in [0.3, 0.4) is 0 Å². The largest absolute Gasteiger partial charge is 0.481 e. The Morgan fingerprint density at radius 2 is 2.00 bits per heavy atom. The topological polar surface area (TPSA) is 68.5 Å². The number of hydrogen-bond donors (Lipinski definition) is 1. The average molecular weight is 436 g/mol. The molecule has 0 bridgehead atoms. The summed E-state index contributed by atoms with van der Waals surface area (Å²) in [5.41, 5.74) is 5.74. The summed E-state index contributed by atoms with van der Waals surface area (Å²) in [6.07, 6.45) is 3.31. The van der Waals surface area contributed by atoms with Crippen LogP contribution in [0.5, 0.6) is 5.75 Å². The highest BCUT2D eigenvalue weighted by molar-refractivity contribution is 7.97. The molecule has 1 aromatic heterocycles. The third-order valence-electron chi connectivity index (χ3n) is 6.01. The van der Waals surface area contributed by atoms with Gasteiger partial charge in [-0.05, 0) is 74.1 Å². The smallest absolute Gasteiger partial charge is 0.263 e. The molecule has 0 aliphatic carbocycles. The second-order valence-electron chi connectivity index (χ2n) is 8.25. The van der Waals surface area contributed by atoms with E-state index in [0.29, 0.717) is 17.5 Å². The number of likely N-dealkylation sites (tertiary alicyclic amines) is 1. The highest BCUT2D eigenvalue weighted by Gasteiger charge is 2.27. The molecule has 2 unspecified atom stereocenters. The van der Waals surface area contributed by atoms with E-state index in [9.17, 15) is 4.79 Å². The molecule has 0 spiro atoms. The van der Waals surface area contributed by atoms with Gasteiger partial charge in [0.25, 0.3) is 5.91 Å². The summed E-state index contributed by atoms with van der Waals surface area (Å²) in [4.78, 5) is 19.3. The first-order valence-electron chi connectivity index (χ1n) is 10.7. The van der Waals surface area contributed by atoms with Gasteiger partial charge in [0.05, 0.1) is 5.52 Å². The molecule has 5 nitrogen and oxygen atoms in total. The lowest BCUT2D eigenvalue weighted by Crippen LogP contribution is -2.46. The van der Waals surface area contributed by atoms with E-state index in [-0.39, 0.29) is 5.91 Å². The Bertz CT molecular complexity index is 1080.